The van der Waals surface area contributed by atoms with E-state index in [1.165, 1.54) is 17.8 Å². The highest BCUT2D eigenvalue weighted by Crippen LogP contribution is 2.31. The predicted molar refractivity (Wildman–Crippen MR) is 110 cm³/mol. The van der Waals surface area contributed by atoms with Crippen LogP contribution in [0.3, 0.4) is 0 Å². The molecule has 0 bridgehead atoms. The van der Waals surface area contributed by atoms with Crippen molar-refractivity contribution in [3.63, 3.8) is 0 Å². The third kappa shape index (κ3) is 4.73. The molecule has 1 amide bonds. The normalized spacial score (nSPS) is 25.3. The Hall–Kier alpha value is -2.26. The average molecular weight is 438 g/mol. The molecule has 3 N–H and O–H groups in total. The number of rotatable bonds is 7. The quantitative estimate of drug-likeness (QED) is 0.548. The molecule has 0 radical (unpaired) electrons. The van der Waals surface area contributed by atoms with Gasteiger partial charge < -0.3 is 25.0 Å². The number of hydrogen-bond donors (Lipinski definition) is 3. The van der Waals surface area contributed by atoms with Crippen LogP contribution in [0.1, 0.15) is 42.6 Å². The first-order chi connectivity index (χ1) is 14.2. The van der Waals surface area contributed by atoms with Crippen molar-refractivity contribution in [2.75, 3.05) is 6.26 Å². The van der Waals surface area contributed by atoms with Crippen molar-refractivity contribution in [1.82, 2.24) is 5.32 Å². The molecule has 30 heavy (non-hydrogen) atoms. The van der Waals surface area contributed by atoms with Gasteiger partial charge in [-0.15, -0.1) is 0 Å². The van der Waals surface area contributed by atoms with Crippen LogP contribution in [0.15, 0.2) is 18.2 Å². The van der Waals surface area contributed by atoms with Gasteiger partial charge in [0.1, 0.15) is 23.5 Å². The summed E-state index contributed by atoms with van der Waals surface area (Å²) in [6.07, 6.45) is -0.298. The number of benzene rings is 1. The molecule has 2 aliphatic heterocycles. The summed E-state index contributed by atoms with van der Waals surface area (Å²) in [5.41, 5.74) is 0.788. The molecule has 8 nitrogen and oxygen atoms in total. The lowest BCUT2D eigenvalue weighted by molar-refractivity contribution is -0.150. The van der Waals surface area contributed by atoms with Gasteiger partial charge in [-0.25, -0.2) is 4.79 Å². The van der Waals surface area contributed by atoms with E-state index in [1.807, 2.05) is 13.8 Å². The van der Waals surface area contributed by atoms with Crippen molar-refractivity contribution < 1.29 is 34.1 Å². The zero-order valence-corrected chi connectivity index (χ0v) is 18.0. The Balaban J connectivity index is 1.76. The number of fused-ring (bicyclic) bond motifs is 1. The van der Waals surface area contributed by atoms with Gasteiger partial charge in [0.05, 0.1) is 17.7 Å². The SMILES string of the molecule is CSC1CC(=O)OC1C(O)C(=O)NC(CC(C)C)C1Cc2cccc(O)c2C(=O)O1. The van der Waals surface area contributed by atoms with Gasteiger partial charge in [-0.05, 0) is 30.2 Å². The maximum atomic E-state index is 12.8. The van der Waals surface area contributed by atoms with Crippen LogP contribution in [0.4, 0.5) is 0 Å². The molecule has 0 spiro atoms. The highest BCUT2D eigenvalue weighted by molar-refractivity contribution is 7.99. The minimum Gasteiger partial charge on any atom is -0.507 e. The zero-order valence-electron chi connectivity index (χ0n) is 17.2. The van der Waals surface area contributed by atoms with Gasteiger partial charge >= 0.3 is 11.9 Å². The van der Waals surface area contributed by atoms with Crippen LogP contribution in [0, 0.1) is 5.92 Å². The molecule has 1 saturated heterocycles. The molecule has 9 heteroatoms. The third-order valence-electron chi connectivity index (χ3n) is 5.40. The molecule has 1 aromatic carbocycles. The Bertz CT molecular complexity index is 828. The van der Waals surface area contributed by atoms with Gasteiger partial charge in [-0.2, -0.15) is 11.8 Å². The molecule has 164 valence electrons. The predicted octanol–water partition coefficient (Wildman–Crippen LogP) is 1.41. The van der Waals surface area contributed by atoms with Crippen LogP contribution in [0.2, 0.25) is 0 Å². The van der Waals surface area contributed by atoms with Crippen LogP contribution >= 0.6 is 11.8 Å². The number of amides is 1. The van der Waals surface area contributed by atoms with Crippen molar-refractivity contribution in [1.29, 1.82) is 0 Å². The molecular weight excluding hydrogens is 410 g/mol. The van der Waals surface area contributed by atoms with E-state index in [0.29, 0.717) is 18.4 Å². The van der Waals surface area contributed by atoms with Crippen LogP contribution in [0.25, 0.3) is 0 Å². The van der Waals surface area contributed by atoms with E-state index < -0.39 is 42.2 Å². The Labute approximate surface area is 179 Å². The molecule has 0 aromatic heterocycles. The molecule has 1 fully saturated rings. The number of nitrogens with one attached hydrogen (secondary N) is 1. The second kappa shape index (κ2) is 9.26. The fraction of sp³-hybridized carbons (Fsp3) is 0.571. The Kier molecular flexibility index (Phi) is 6.92. The minimum absolute atomic E-state index is 0.137. The van der Waals surface area contributed by atoms with E-state index in [-0.39, 0.29) is 28.9 Å². The van der Waals surface area contributed by atoms with Crippen molar-refractivity contribution in [3.05, 3.63) is 29.3 Å². The maximum Gasteiger partial charge on any atom is 0.342 e. The second-order valence-corrected chi connectivity index (χ2v) is 9.16. The number of phenolic OH excluding ortho intramolecular Hbond substituents is 1. The molecule has 3 rings (SSSR count). The number of thioether (sulfide) groups is 1. The molecular formula is C21H27NO7S. The van der Waals surface area contributed by atoms with Crippen LogP contribution in [-0.4, -0.2) is 63.9 Å². The average Bonchev–Trinajstić information content (AvgIpc) is 3.07. The number of aliphatic hydroxyl groups is 1. The van der Waals surface area contributed by atoms with E-state index in [1.54, 1.807) is 18.4 Å². The summed E-state index contributed by atoms with van der Waals surface area (Å²) in [7, 11) is 0. The maximum absolute atomic E-state index is 12.8. The van der Waals surface area contributed by atoms with Gasteiger partial charge in [-0.3, -0.25) is 9.59 Å². The van der Waals surface area contributed by atoms with E-state index in [0.717, 1.165) is 0 Å². The van der Waals surface area contributed by atoms with Gasteiger partial charge in [-0.1, -0.05) is 26.0 Å². The monoisotopic (exact) mass is 437 g/mol. The number of phenols is 1. The van der Waals surface area contributed by atoms with Crippen molar-refractivity contribution in [3.8, 4) is 5.75 Å². The molecule has 5 unspecified atom stereocenters. The standard InChI is InChI=1S/C21H27NO7S/c1-10(2)7-12(14-8-11-5-4-6-13(23)17(11)21(27)28-14)22-20(26)18(25)19-15(30-3)9-16(24)29-19/h4-6,10,12,14-15,18-19,23,25H,7-9H2,1-3H3,(H,22,26). The number of cyclic esters (lactones) is 2. The van der Waals surface area contributed by atoms with E-state index in [9.17, 15) is 24.6 Å². The van der Waals surface area contributed by atoms with Crippen LogP contribution < -0.4 is 5.32 Å². The smallest absolute Gasteiger partial charge is 0.342 e. The zero-order chi connectivity index (χ0) is 22.0. The number of ether oxygens (including phenoxy) is 2. The van der Waals surface area contributed by atoms with Crippen molar-refractivity contribution in [2.45, 2.75) is 62.7 Å². The molecule has 2 aliphatic rings. The number of esters is 2. The number of hydrogen-bond acceptors (Lipinski definition) is 8. The first-order valence-electron chi connectivity index (χ1n) is 9.93. The Morgan fingerprint density at radius 3 is 2.67 bits per heavy atom. The topological polar surface area (TPSA) is 122 Å². The van der Waals surface area contributed by atoms with Crippen LogP contribution in [0.5, 0.6) is 5.75 Å². The first-order valence-corrected chi connectivity index (χ1v) is 11.2. The summed E-state index contributed by atoms with van der Waals surface area (Å²) in [4.78, 5) is 36.8. The van der Waals surface area contributed by atoms with Gasteiger partial charge in [0.15, 0.2) is 6.10 Å². The Morgan fingerprint density at radius 2 is 2.00 bits per heavy atom. The lowest BCUT2D eigenvalue weighted by Gasteiger charge is -2.33. The first kappa shape index (κ1) is 22.4. The lowest BCUT2D eigenvalue weighted by Crippen LogP contribution is -2.54. The fourth-order valence-corrected chi connectivity index (χ4v) is 4.72. The minimum atomic E-state index is -1.51. The molecule has 0 saturated carbocycles. The summed E-state index contributed by atoms with van der Waals surface area (Å²) < 4.78 is 10.7. The highest BCUT2D eigenvalue weighted by atomic mass is 32.2. The number of aromatic hydroxyl groups is 1. The summed E-state index contributed by atoms with van der Waals surface area (Å²) in [5, 5.41) is 23.0. The second-order valence-electron chi connectivity index (χ2n) is 8.08. The van der Waals surface area contributed by atoms with E-state index in [4.69, 9.17) is 9.47 Å². The molecule has 2 heterocycles. The van der Waals surface area contributed by atoms with E-state index in [2.05, 4.69) is 5.32 Å². The van der Waals surface area contributed by atoms with Crippen molar-refractivity contribution in [2.24, 2.45) is 5.92 Å². The Morgan fingerprint density at radius 1 is 1.27 bits per heavy atom. The van der Waals surface area contributed by atoms with Crippen molar-refractivity contribution >= 4 is 29.6 Å². The molecule has 0 aliphatic carbocycles. The lowest BCUT2D eigenvalue weighted by atomic mass is 9.90. The van der Waals surface area contributed by atoms with Gasteiger partial charge in [0.2, 0.25) is 0 Å². The fourth-order valence-electron chi connectivity index (χ4n) is 3.94. The van der Waals surface area contributed by atoms with E-state index >= 15 is 0 Å². The van der Waals surface area contributed by atoms with Crippen LogP contribution in [-0.2, 0) is 25.5 Å². The summed E-state index contributed by atoms with van der Waals surface area (Å²) in [6.45, 7) is 3.95. The van der Waals surface area contributed by atoms with Gasteiger partial charge in [0.25, 0.3) is 5.91 Å². The number of carbonyl (C=O) groups excluding carboxylic acids is 3. The molecule has 5 atom stereocenters. The summed E-state index contributed by atoms with van der Waals surface area (Å²) >= 11 is 1.36. The third-order valence-corrected chi connectivity index (χ3v) is 6.44. The largest absolute Gasteiger partial charge is 0.507 e. The van der Waals surface area contributed by atoms with Gasteiger partial charge in [0, 0.05) is 6.42 Å². The number of aliphatic hydroxyl groups excluding tert-OH is 1. The summed E-state index contributed by atoms with van der Waals surface area (Å²) in [6, 6.07) is 4.28. The highest BCUT2D eigenvalue weighted by Gasteiger charge is 2.43. The molecule has 1 aromatic rings. The summed E-state index contributed by atoms with van der Waals surface area (Å²) in [5.74, 6) is -1.71. The number of carbonyl (C=O) groups is 3.